The van der Waals surface area contributed by atoms with Crippen LogP contribution in [0, 0.1) is 0 Å². The minimum absolute atomic E-state index is 0.149. The molecule has 5 heteroatoms. The SMILES string of the molecule is C[C@H](Br)Oc1c(Cl)cc(Cl)cc1Cl. The molecule has 0 heterocycles. The number of hydrogen-bond donors (Lipinski definition) is 0. The lowest BCUT2D eigenvalue weighted by atomic mass is 10.3. The van der Waals surface area contributed by atoms with E-state index in [0.717, 1.165) is 0 Å². The van der Waals surface area contributed by atoms with Crippen molar-refractivity contribution in [3.05, 3.63) is 27.2 Å². The summed E-state index contributed by atoms with van der Waals surface area (Å²) in [5, 5.41) is 1.15. The van der Waals surface area contributed by atoms with Crippen LogP contribution >= 0.6 is 50.7 Å². The van der Waals surface area contributed by atoms with Gasteiger partial charge in [0.25, 0.3) is 0 Å². The second-order valence-electron chi connectivity index (χ2n) is 2.36. The molecule has 0 spiro atoms. The highest BCUT2D eigenvalue weighted by Gasteiger charge is 2.10. The normalized spacial score (nSPS) is 12.7. The van der Waals surface area contributed by atoms with E-state index in [1.165, 1.54) is 0 Å². The Labute approximate surface area is 100 Å². The molecule has 72 valence electrons. The summed E-state index contributed by atoms with van der Waals surface area (Å²) in [6.45, 7) is 1.82. The Morgan fingerprint density at radius 2 is 1.69 bits per heavy atom. The first-order chi connectivity index (χ1) is 6.00. The summed E-state index contributed by atoms with van der Waals surface area (Å²) >= 11 is 20.7. The maximum absolute atomic E-state index is 5.86. The average Bonchev–Trinajstić information content (AvgIpc) is 1.96. The molecule has 0 radical (unpaired) electrons. The lowest BCUT2D eigenvalue weighted by molar-refractivity contribution is 0.314. The Morgan fingerprint density at radius 3 is 2.08 bits per heavy atom. The molecule has 0 aliphatic rings. The third-order valence-corrected chi connectivity index (χ3v) is 2.21. The second-order valence-corrected chi connectivity index (χ2v) is 4.90. The van der Waals surface area contributed by atoms with Crippen LogP contribution < -0.4 is 4.74 Å². The molecule has 1 aromatic rings. The zero-order chi connectivity index (χ0) is 10.0. The minimum Gasteiger partial charge on any atom is -0.476 e. The maximum atomic E-state index is 5.86. The lowest BCUT2D eigenvalue weighted by Crippen LogP contribution is -2.02. The fourth-order valence-electron chi connectivity index (χ4n) is 0.804. The molecule has 0 N–H and O–H groups in total. The molecule has 0 bridgehead atoms. The molecular formula is C8H6BrCl3O. The third kappa shape index (κ3) is 3.21. The first-order valence-corrected chi connectivity index (χ1v) is 5.51. The van der Waals surface area contributed by atoms with Gasteiger partial charge in [0.1, 0.15) is 0 Å². The summed E-state index contributed by atoms with van der Waals surface area (Å²) in [5.41, 5.74) is 0. The van der Waals surface area contributed by atoms with E-state index < -0.39 is 0 Å². The van der Waals surface area contributed by atoms with Crippen LogP contribution in [0.5, 0.6) is 5.75 Å². The zero-order valence-electron chi connectivity index (χ0n) is 6.65. The van der Waals surface area contributed by atoms with Crippen LogP contribution in [0.4, 0.5) is 0 Å². The highest BCUT2D eigenvalue weighted by molar-refractivity contribution is 9.09. The van der Waals surface area contributed by atoms with Crippen molar-refractivity contribution in [3.63, 3.8) is 0 Å². The first-order valence-electron chi connectivity index (χ1n) is 3.46. The molecule has 0 aliphatic heterocycles. The van der Waals surface area contributed by atoms with E-state index >= 15 is 0 Å². The smallest absolute Gasteiger partial charge is 0.158 e. The van der Waals surface area contributed by atoms with Gasteiger partial charge in [-0.2, -0.15) is 0 Å². The first kappa shape index (κ1) is 11.4. The second kappa shape index (κ2) is 4.74. The number of rotatable bonds is 2. The van der Waals surface area contributed by atoms with Crippen LogP contribution in [0.1, 0.15) is 6.92 Å². The Bertz CT molecular complexity index is 291. The molecule has 0 amide bonds. The standard InChI is InChI=1S/C8H6BrCl3O/c1-4(9)13-8-6(11)2-5(10)3-7(8)12/h2-4H,1H3/t4-/m1/s1. The monoisotopic (exact) mass is 302 g/mol. The molecular weight excluding hydrogens is 298 g/mol. The van der Waals surface area contributed by atoms with Crippen molar-refractivity contribution in [3.8, 4) is 5.75 Å². The Kier molecular flexibility index (Phi) is 4.17. The van der Waals surface area contributed by atoms with E-state index in [1.807, 2.05) is 6.92 Å². The van der Waals surface area contributed by atoms with Gasteiger partial charge in [0, 0.05) is 5.02 Å². The fourth-order valence-corrected chi connectivity index (χ4v) is 1.90. The van der Waals surface area contributed by atoms with Crippen molar-refractivity contribution in [1.82, 2.24) is 0 Å². The lowest BCUT2D eigenvalue weighted by Gasteiger charge is -2.11. The van der Waals surface area contributed by atoms with Crippen LogP contribution in [0.3, 0.4) is 0 Å². The molecule has 13 heavy (non-hydrogen) atoms. The molecule has 1 atom stereocenters. The molecule has 0 aliphatic carbocycles. The fraction of sp³-hybridized carbons (Fsp3) is 0.250. The van der Waals surface area contributed by atoms with Crippen molar-refractivity contribution in [2.24, 2.45) is 0 Å². The third-order valence-electron chi connectivity index (χ3n) is 1.24. The van der Waals surface area contributed by atoms with E-state index in [-0.39, 0.29) is 5.01 Å². The predicted octanol–water partition coefficient (Wildman–Crippen LogP) is 4.77. The molecule has 0 fully saturated rings. The summed E-state index contributed by atoms with van der Waals surface area (Å²) in [6, 6.07) is 3.17. The van der Waals surface area contributed by atoms with E-state index in [0.29, 0.717) is 20.8 Å². The van der Waals surface area contributed by atoms with Crippen LogP contribution in [0.2, 0.25) is 15.1 Å². The maximum Gasteiger partial charge on any atom is 0.158 e. The molecule has 0 saturated carbocycles. The topological polar surface area (TPSA) is 9.23 Å². The van der Waals surface area contributed by atoms with Gasteiger partial charge in [0.05, 0.1) is 10.0 Å². The highest BCUT2D eigenvalue weighted by atomic mass is 79.9. The number of benzene rings is 1. The molecule has 1 aromatic carbocycles. The highest BCUT2D eigenvalue weighted by Crippen LogP contribution is 2.36. The van der Waals surface area contributed by atoms with Crippen molar-refractivity contribution in [2.45, 2.75) is 11.9 Å². The van der Waals surface area contributed by atoms with Crippen molar-refractivity contribution in [2.75, 3.05) is 0 Å². The van der Waals surface area contributed by atoms with Crippen LogP contribution in [0.25, 0.3) is 0 Å². The van der Waals surface area contributed by atoms with Gasteiger partial charge in [-0.05, 0) is 35.0 Å². The Hall–Kier alpha value is 0.370. The van der Waals surface area contributed by atoms with E-state index in [2.05, 4.69) is 15.9 Å². The van der Waals surface area contributed by atoms with Crippen molar-refractivity contribution in [1.29, 1.82) is 0 Å². The summed E-state index contributed by atoms with van der Waals surface area (Å²) in [7, 11) is 0. The largest absolute Gasteiger partial charge is 0.476 e. The van der Waals surface area contributed by atoms with E-state index in [9.17, 15) is 0 Å². The number of halogens is 4. The Balaban J connectivity index is 3.06. The van der Waals surface area contributed by atoms with Gasteiger partial charge in [0.15, 0.2) is 10.8 Å². The molecule has 0 aromatic heterocycles. The summed E-state index contributed by atoms with van der Waals surface area (Å²) in [4.78, 5) is 0. The number of hydrogen-bond acceptors (Lipinski definition) is 1. The van der Waals surface area contributed by atoms with Gasteiger partial charge in [-0.3, -0.25) is 0 Å². The Morgan fingerprint density at radius 1 is 1.23 bits per heavy atom. The number of ether oxygens (including phenoxy) is 1. The van der Waals surface area contributed by atoms with Gasteiger partial charge in [-0.1, -0.05) is 34.8 Å². The van der Waals surface area contributed by atoms with Crippen LogP contribution in [-0.4, -0.2) is 5.01 Å². The van der Waals surface area contributed by atoms with Crippen LogP contribution in [0.15, 0.2) is 12.1 Å². The predicted molar refractivity (Wildman–Crippen MR) is 60.5 cm³/mol. The molecule has 0 unspecified atom stereocenters. The molecule has 1 rings (SSSR count). The summed E-state index contributed by atoms with van der Waals surface area (Å²) < 4.78 is 5.32. The van der Waals surface area contributed by atoms with E-state index in [4.69, 9.17) is 39.5 Å². The van der Waals surface area contributed by atoms with Gasteiger partial charge in [0.2, 0.25) is 0 Å². The minimum atomic E-state index is -0.149. The molecule has 0 saturated heterocycles. The van der Waals surface area contributed by atoms with Crippen molar-refractivity contribution < 1.29 is 4.74 Å². The number of alkyl halides is 1. The van der Waals surface area contributed by atoms with E-state index in [1.54, 1.807) is 12.1 Å². The van der Waals surface area contributed by atoms with Gasteiger partial charge in [-0.15, -0.1) is 0 Å². The quantitative estimate of drug-likeness (QED) is 0.715. The average molecular weight is 304 g/mol. The summed E-state index contributed by atoms with van der Waals surface area (Å²) in [6.07, 6.45) is 0. The molecule has 1 nitrogen and oxygen atoms in total. The van der Waals surface area contributed by atoms with Crippen molar-refractivity contribution >= 4 is 50.7 Å². The van der Waals surface area contributed by atoms with Gasteiger partial charge >= 0.3 is 0 Å². The zero-order valence-corrected chi connectivity index (χ0v) is 10.5. The van der Waals surface area contributed by atoms with Gasteiger partial charge < -0.3 is 4.74 Å². The van der Waals surface area contributed by atoms with Crippen LogP contribution in [-0.2, 0) is 0 Å². The summed E-state index contributed by atoms with van der Waals surface area (Å²) in [5.74, 6) is 0.442. The van der Waals surface area contributed by atoms with Gasteiger partial charge in [-0.25, -0.2) is 0 Å².